The van der Waals surface area contributed by atoms with Gasteiger partial charge in [-0.25, -0.2) is 9.78 Å². The van der Waals surface area contributed by atoms with E-state index in [-0.39, 0.29) is 0 Å². The van der Waals surface area contributed by atoms with E-state index in [9.17, 15) is 4.79 Å². The predicted molar refractivity (Wildman–Crippen MR) is 119 cm³/mol. The number of rotatable bonds is 6. The normalized spacial score (nSPS) is 11.5. The molecule has 4 rings (SSSR count). The first-order valence-electron chi connectivity index (χ1n) is 9.10. The zero-order chi connectivity index (χ0) is 21.1. The first kappa shape index (κ1) is 19.7. The van der Waals surface area contributed by atoms with Crippen molar-refractivity contribution in [3.8, 4) is 22.8 Å². The number of fused-ring (bicyclic) bond motifs is 1. The Hall–Kier alpha value is -3.65. The number of hydrogen-bond donors (Lipinski definition) is 1. The predicted octanol–water partition coefficient (Wildman–Crippen LogP) is 4.77. The van der Waals surface area contributed by atoms with E-state index in [1.54, 1.807) is 24.6 Å². The summed E-state index contributed by atoms with van der Waals surface area (Å²) >= 11 is 1.35. The van der Waals surface area contributed by atoms with E-state index in [2.05, 4.69) is 15.5 Å². The minimum atomic E-state index is -0.471. The zero-order valence-electron chi connectivity index (χ0n) is 16.6. The number of methoxy groups -OCH3 is 2. The maximum absolute atomic E-state index is 12.5. The number of thiazole rings is 1. The van der Waals surface area contributed by atoms with Crippen LogP contribution in [0.25, 0.3) is 22.2 Å². The molecule has 2 aromatic heterocycles. The second-order valence-corrected chi connectivity index (χ2v) is 7.26. The zero-order valence-corrected chi connectivity index (χ0v) is 17.4. The van der Waals surface area contributed by atoms with Crippen molar-refractivity contribution in [1.29, 1.82) is 0 Å². The summed E-state index contributed by atoms with van der Waals surface area (Å²) in [6.07, 6.45) is 0. The minimum absolute atomic E-state index is 0.385. The van der Waals surface area contributed by atoms with Crippen LogP contribution in [0, 0.1) is 0 Å². The quantitative estimate of drug-likeness (QED) is 0.274. The third-order valence-electron chi connectivity index (χ3n) is 4.55. The Balaban J connectivity index is 1.58. The van der Waals surface area contributed by atoms with Crippen LogP contribution in [0.5, 0.6) is 11.5 Å². The van der Waals surface area contributed by atoms with Crippen molar-refractivity contribution in [2.45, 2.75) is 6.92 Å². The molecule has 8 heteroatoms. The Morgan fingerprint density at radius 2 is 1.93 bits per heavy atom. The molecule has 0 saturated heterocycles. The van der Waals surface area contributed by atoms with Crippen LogP contribution in [-0.4, -0.2) is 24.9 Å². The molecule has 0 atom stereocenters. The fourth-order valence-corrected chi connectivity index (χ4v) is 3.59. The summed E-state index contributed by atoms with van der Waals surface area (Å²) in [6, 6.07) is 14.8. The number of ether oxygens (including phenoxy) is 2. The summed E-state index contributed by atoms with van der Waals surface area (Å²) in [5.74, 6) is 1.30. The fraction of sp³-hybridized carbons (Fsp3) is 0.136. The molecule has 0 unspecified atom stereocenters. The van der Waals surface area contributed by atoms with Crippen LogP contribution in [0.15, 0.2) is 68.2 Å². The number of nitrogens with one attached hydrogen (secondary N) is 1. The Kier molecular flexibility index (Phi) is 5.49. The number of aromatic nitrogens is 1. The average molecular weight is 421 g/mol. The molecule has 0 aliphatic rings. The Morgan fingerprint density at radius 3 is 2.67 bits per heavy atom. The highest BCUT2D eigenvalue weighted by Gasteiger charge is 2.13. The van der Waals surface area contributed by atoms with Gasteiger partial charge < -0.3 is 13.9 Å². The van der Waals surface area contributed by atoms with Gasteiger partial charge in [-0.15, -0.1) is 11.3 Å². The third kappa shape index (κ3) is 3.90. The molecule has 0 fully saturated rings. The standard InChI is InChI=1S/C22H19N3O4S/c1-13(14-7-9-16(27-2)10-8-14)24-25-22-23-18(12-30-22)17-11-15-5-4-6-19(28-3)20(15)29-21(17)26/h4-12H,1-3H3,(H,23,25)/b24-13+. The van der Waals surface area contributed by atoms with E-state index in [4.69, 9.17) is 13.9 Å². The maximum Gasteiger partial charge on any atom is 0.345 e. The molecule has 0 spiro atoms. The van der Waals surface area contributed by atoms with Crippen molar-refractivity contribution >= 4 is 33.1 Å². The van der Waals surface area contributed by atoms with Crippen molar-refractivity contribution in [2.75, 3.05) is 19.6 Å². The van der Waals surface area contributed by atoms with Gasteiger partial charge in [-0.05, 0) is 48.9 Å². The summed E-state index contributed by atoms with van der Waals surface area (Å²) in [4.78, 5) is 17.0. The van der Waals surface area contributed by atoms with Crippen LogP contribution in [0.3, 0.4) is 0 Å². The molecule has 1 N–H and O–H groups in total. The van der Waals surface area contributed by atoms with Crippen molar-refractivity contribution in [2.24, 2.45) is 5.10 Å². The van der Waals surface area contributed by atoms with Gasteiger partial charge in [0.2, 0.25) is 5.13 Å². The van der Waals surface area contributed by atoms with E-state index < -0.39 is 5.63 Å². The van der Waals surface area contributed by atoms with Crippen molar-refractivity contribution in [3.05, 3.63) is 69.9 Å². The smallest absolute Gasteiger partial charge is 0.345 e. The molecule has 4 aromatic rings. The largest absolute Gasteiger partial charge is 0.497 e. The summed E-state index contributed by atoms with van der Waals surface area (Å²) < 4.78 is 15.9. The number of hydrogen-bond acceptors (Lipinski definition) is 8. The monoisotopic (exact) mass is 421 g/mol. The second-order valence-electron chi connectivity index (χ2n) is 6.40. The lowest BCUT2D eigenvalue weighted by molar-refractivity contribution is 0.407. The first-order chi connectivity index (χ1) is 14.6. The molecule has 152 valence electrons. The summed E-state index contributed by atoms with van der Waals surface area (Å²) in [5, 5.41) is 7.50. The Morgan fingerprint density at radius 1 is 1.13 bits per heavy atom. The summed E-state index contributed by atoms with van der Waals surface area (Å²) in [7, 11) is 3.17. The lowest BCUT2D eigenvalue weighted by atomic mass is 10.1. The molecule has 7 nitrogen and oxygen atoms in total. The topological polar surface area (TPSA) is 85.9 Å². The highest BCUT2D eigenvalue weighted by atomic mass is 32.1. The average Bonchev–Trinajstić information content (AvgIpc) is 3.25. The molecule has 2 heterocycles. The van der Waals surface area contributed by atoms with Crippen LogP contribution in [0.1, 0.15) is 12.5 Å². The number of nitrogens with zero attached hydrogens (tertiary/aromatic N) is 2. The minimum Gasteiger partial charge on any atom is -0.497 e. The summed E-state index contributed by atoms with van der Waals surface area (Å²) in [6.45, 7) is 1.90. The van der Waals surface area contributed by atoms with E-state index >= 15 is 0 Å². The van der Waals surface area contributed by atoms with E-state index in [1.165, 1.54) is 18.4 Å². The van der Waals surface area contributed by atoms with Crippen molar-refractivity contribution in [3.63, 3.8) is 0 Å². The Labute approximate surface area is 176 Å². The van der Waals surface area contributed by atoms with Crippen molar-refractivity contribution in [1.82, 2.24) is 4.98 Å². The fourth-order valence-electron chi connectivity index (χ4n) is 2.93. The Bertz CT molecular complexity index is 1280. The molecule has 0 aliphatic carbocycles. The van der Waals surface area contributed by atoms with Gasteiger partial charge in [-0.3, -0.25) is 5.43 Å². The summed E-state index contributed by atoms with van der Waals surface area (Å²) in [5.41, 5.74) is 5.57. The molecule has 30 heavy (non-hydrogen) atoms. The van der Waals surface area contributed by atoms with Gasteiger partial charge in [0.1, 0.15) is 5.75 Å². The van der Waals surface area contributed by atoms with Crippen LogP contribution < -0.4 is 20.5 Å². The van der Waals surface area contributed by atoms with Gasteiger partial charge in [-0.1, -0.05) is 12.1 Å². The third-order valence-corrected chi connectivity index (χ3v) is 5.30. The lowest BCUT2D eigenvalue weighted by Crippen LogP contribution is -2.04. The SMILES string of the molecule is COc1ccc(/C(C)=N/Nc2nc(-c3cc4cccc(OC)c4oc3=O)cs2)cc1. The maximum atomic E-state index is 12.5. The molecule has 0 radical (unpaired) electrons. The van der Waals surface area contributed by atoms with Gasteiger partial charge in [-0.2, -0.15) is 5.10 Å². The molecular formula is C22H19N3O4S. The highest BCUT2D eigenvalue weighted by molar-refractivity contribution is 7.14. The number of para-hydroxylation sites is 1. The lowest BCUT2D eigenvalue weighted by Gasteiger charge is -2.04. The van der Waals surface area contributed by atoms with Gasteiger partial charge in [0.25, 0.3) is 0 Å². The number of hydrazone groups is 1. The van der Waals surface area contributed by atoms with Crippen LogP contribution in [0.2, 0.25) is 0 Å². The van der Waals surface area contributed by atoms with Crippen molar-refractivity contribution < 1.29 is 13.9 Å². The number of benzene rings is 2. The highest BCUT2D eigenvalue weighted by Crippen LogP contribution is 2.29. The molecule has 0 bridgehead atoms. The van der Waals surface area contributed by atoms with Crippen LogP contribution in [0.4, 0.5) is 5.13 Å². The van der Waals surface area contributed by atoms with E-state index in [0.29, 0.717) is 27.7 Å². The van der Waals surface area contributed by atoms with Gasteiger partial charge in [0.15, 0.2) is 11.3 Å². The van der Waals surface area contributed by atoms with Gasteiger partial charge >= 0.3 is 5.63 Å². The van der Waals surface area contributed by atoms with E-state index in [0.717, 1.165) is 22.4 Å². The molecule has 0 aliphatic heterocycles. The molecular weight excluding hydrogens is 402 g/mol. The molecule has 2 aromatic carbocycles. The van der Waals surface area contributed by atoms with Crippen LogP contribution in [-0.2, 0) is 0 Å². The van der Waals surface area contributed by atoms with Crippen LogP contribution >= 0.6 is 11.3 Å². The van der Waals surface area contributed by atoms with Gasteiger partial charge in [0, 0.05) is 10.8 Å². The number of anilines is 1. The molecule has 0 amide bonds. The first-order valence-corrected chi connectivity index (χ1v) is 9.98. The second kappa shape index (κ2) is 8.38. The van der Waals surface area contributed by atoms with Gasteiger partial charge in [0.05, 0.1) is 31.2 Å². The van der Waals surface area contributed by atoms with E-state index in [1.807, 2.05) is 43.3 Å². The molecule has 0 saturated carbocycles.